The molecule has 0 amide bonds. The Balaban J connectivity index is 0.940. The van der Waals surface area contributed by atoms with E-state index in [9.17, 15) is 0 Å². The minimum absolute atomic E-state index is 0.136. The van der Waals surface area contributed by atoms with Gasteiger partial charge in [0.2, 0.25) is 0 Å². The van der Waals surface area contributed by atoms with Crippen molar-refractivity contribution in [3.8, 4) is 66.8 Å². The van der Waals surface area contributed by atoms with E-state index in [-0.39, 0.29) is 10.8 Å². The second kappa shape index (κ2) is 14.2. The van der Waals surface area contributed by atoms with Crippen LogP contribution in [0.1, 0.15) is 49.9 Å². The molecule has 0 aromatic heterocycles. The van der Waals surface area contributed by atoms with Crippen LogP contribution in [0.5, 0.6) is 0 Å². The third kappa shape index (κ3) is 5.55. The summed E-state index contributed by atoms with van der Waals surface area (Å²) in [4.78, 5) is 0. The third-order valence-corrected chi connectivity index (χ3v) is 16.0. The fraction of sp³-hybridized carbons (Fsp3) is 0.0882. The van der Waals surface area contributed by atoms with Crippen LogP contribution >= 0.6 is 0 Å². The van der Waals surface area contributed by atoms with Gasteiger partial charge in [-0.15, -0.1) is 0 Å². The van der Waals surface area contributed by atoms with Crippen molar-refractivity contribution < 1.29 is 0 Å². The largest absolute Gasteiger partial charge is 0.0622 e. The Morgan fingerprint density at radius 3 is 0.824 bits per heavy atom. The first-order chi connectivity index (χ1) is 33.2. The predicted molar refractivity (Wildman–Crippen MR) is 291 cm³/mol. The molecule has 320 valence electrons. The van der Waals surface area contributed by atoms with E-state index < -0.39 is 0 Å². The van der Waals surface area contributed by atoms with E-state index in [2.05, 4.69) is 246 Å². The van der Waals surface area contributed by atoms with E-state index in [1.165, 1.54) is 143 Å². The molecule has 0 aliphatic heterocycles. The molecule has 0 saturated heterocycles. The molecule has 0 N–H and O–H groups in total. The molecule has 0 atom stereocenters. The van der Waals surface area contributed by atoms with Gasteiger partial charge in [-0.3, -0.25) is 0 Å². The zero-order valence-corrected chi connectivity index (χ0v) is 38.8. The van der Waals surface area contributed by atoms with Crippen molar-refractivity contribution in [3.05, 3.63) is 241 Å². The molecule has 0 unspecified atom stereocenters. The molecule has 0 bridgehead atoms. The van der Waals surface area contributed by atoms with Gasteiger partial charge >= 0.3 is 0 Å². The average molecular weight is 865 g/mol. The summed E-state index contributed by atoms with van der Waals surface area (Å²) in [5, 5.41) is 13.0. The number of fused-ring (bicyclic) bond motifs is 17. The molecule has 12 aromatic carbocycles. The first-order valence-electron chi connectivity index (χ1n) is 24.2. The predicted octanol–water partition coefficient (Wildman–Crippen LogP) is 18.7. The highest BCUT2D eigenvalue weighted by Crippen LogP contribution is 2.53. The SMILES string of the molecule is CC1(C)c2cc(-c3ccccc3)ccc2-c2ccc(-c3ccc4c5ccccc5c5c6cc(-c7ccc8c(c7)C(C)(C)c7cc(-c9ccccc9)ccc7-8)ccc6c6ccccc6c5c4c3)cc21. The van der Waals surface area contributed by atoms with Gasteiger partial charge in [-0.05, 0) is 179 Å². The Bertz CT molecular complexity index is 3840. The average Bonchev–Trinajstić information content (AvgIpc) is 3.76. The molecule has 68 heavy (non-hydrogen) atoms. The number of rotatable bonds is 4. The van der Waals surface area contributed by atoms with Crippen LogP contribution in [0.3, 0.4) is 0 Å². The van der Waals surface area contributed by atoms with Gasteiger partial charge in [0.15, 0.2) is 0 Å². The summed E-state index contributed by atoms with van der Waals surface area (Å²) in [6.07, 6.45) is 0. The minimum atomic E-state index is -0.136. The van der Waals surface area contributed by atoms with Crippen LogP contribution in [-0.4, -0.2) is 0 Å². The van der Waals surface area contributed by atoms with E-state index in [1.807, 2.05) is 0 Å². The van der Waals surface area contributed by atoms with Gasteiger partial charge in [0.1, 0.15) is 0 Å². The summed E-state index contributed by atoms with van der Waals surface area (Å²) in [5.74, 6) is 0. The smallest absolute Gasteiger partial charge is 0.0159 e. The second-order valence-electron chi connectivity index (χ2n) is 20.4. The molecule has 2 aliphatic rings. The normalized spacial score (nSPS) is 14.1. The molecule has 0 nitrogen and oxygen atoms in total. The maximum Gasteiger partial charge on any atom is 0.0159 e. The monoisotopic (exact) mass is 864 g/mol. The van der Waals surface area contributed by atoms with Crippen molar-refractivity contribution in [2.75, 3.05) is 0 Å². The lowest BCUT2D eigenvalue weighted by Gasteiger charge is -2.23. The maximum atomic E-state index is 2.49. The van der Waals surface area contributed by atoms with Gasteiger partial charge in [0, 0.05) is 10.8 Å². The Kier molecular flexibility index (Phi) is 8.19. The Labute approximate surface area is 397 Å². The molecule has 12 aromatic rings. The molecule has 0 heterocycles. The van der Waals surface area contributed by atoms with Crippen molar-refractivity contribution in [3.63, 3.8) is 0 Å². The summed E-state index contributed by atoms with van der Waals surface area (Å²) in [7, 11) is 0. The van der Waals surface area contributed by atoms with E-state index >= 15 is 0 Å². The first-order valence-corrected chi connectivity index (χ1v) is 24.2. The highest BCUT2D eigenvalue weighted by molar-refractivity contribution is 6.39. The lowest BCUT2D eigenvalue weighted by atomic mass is 9.80. The van der Waals surface area contributed by atoms with Gasteiger partial charge in [-0.2, -0.15) is 0 Å². The molecular weight excluding hydrogens is 817 g/mol. The molecule has 14 rings (SSSR count). The molecule has 0 fully saturated rings. The van der Waals surface area contributed by atoms with Crippen molar-refractivity contribution in [1.82, 2.24) is 0 Å². The van der Waals surface area contributed by atoms with Crippen LogP contribution in [0.4, 0.5) is 0 Å². The van der Waals surface area contributed by atoms with Crippen LogP contribution in [0.2, 0.25) is 0 Å². The molecule has 0 saturated carbocycles. The fourth-order valence-corrected chi connectivity index (χ4v) is 12.5. The molecule has 0 spiro atoms. The van der Waals surface area contributed by atoms with Gasteiger partial charge in [-0.1, -0.05) is 210 Å². The van der Waals surface area contributed by atoms with Crippen molar-refractivity contribution in [2.24, 2.45) is 0 Å². The molecule has 2 aliphatic carbocycles. The maximum absolute atomic E-state index is 2.49. The zero-order chi connectivity index (χ0) is 45.5. The van der Waals surface area contributed by atoms with Crippen molar-refractivity contribution in [1.29, 1.82) is 0 Å². The van der Waals surface area contributed by atoms with Crippen LogP contribution in [0.15, 0.2) is 218 Å². The quantitative estimate of drug-likeness (QED) is 0.155. The summed E-state index contributed by atoms with van der Waals surface area (Å²) in [6, 6.07) is 82.6. The van der Waals surface area contributed by atoms with Crippen LogP contribution in [0.25, 0.3) is 121 Å². The summed E-state index contributed by atoms with van der Waals surface area (Å²) in [6.45, 7) is 9.58. The van der Waals surface area contributed by atoms with Gasteiger partial charge in [0.05, 0.1) is 0 Å². The highest BCUT2D eigenvalue weighted by Gasteiger charge is 2.37. The summed E-state index contributed by atoms with van der Waals surface area (Å²) >= 11 is 0. The fourth-order valence-electron chi connectivity index (χ4n) is 12.5. The third-order valence-electron chi connectivity index (χ3n) is 16.0. The Hall–Kier alpha value is -8.06. The zero-order valence-electron chi connectivity index (χ0n) is 38.8. The molecular formula is C68H48. The van der Waals surface area contributed by atoms with E-state index in [0.29, 0.717) is 0 Å². The van der Waals surface area contributed by atoms with Crippen LogP contribution in [-0.2, 0) is 10.8 Å². The summed E-state index contributed by atoms with van der Waals surface area (Å²) in [5.41, 5.74) is 20.7. The number of benzene rings is 12. The van der Waals surface area contributed by atoms with Gasteiger partial charge < -0.3 is 0 Å². The molecule has 0 radical (unpaired) electrons. The van der Waals surface area contributed by atoms with Crippen LogP contribution < -0.4 is 0 Å². The van der Waals surface area contributed by atoms with E-state index in [0.717, 1.165) is 0 Å². The standard InChI is InChI=1S/C68H48/c1-67(2)61-37-45(41-15-7-5-8-16-41)25-31-53(61)55-33-27-47(39-63(55)67)43-23-29-51-49-19-11-14-22-58(49)66-60-36-44(24-30-52(60)50-20-12-13-21-57(50)65(66)59(51)35-43)48-28-34-56-54-32-26-46(42-17-9-6-10-18-42)38-62(54)68(3,4)64(56)40-48/h5-40H,1-4H3. The lowest BCUT2D eigenvalue weighted by Crippen LogP contribution is -2.15. The van der Waals surface area contributed by atoms with Gasteiger partial charge in [0.25, 0.3) is 0 Å². The van der Waals surface area contributed by atoms with Gasteiger partial charge in [-0.25, -0.2) is 0 Å². The Morgan fingerprint density at radius 1 is 0.206 bits per heavy atom. The number of hydrogen-bond donors (Lipinski definition) is 0. The second-order valence-corrected chi connectivity index (χ2v) is 20.4. The van der Waals surface area contributed by atoms with E-state index in [4.69, 9.17) is 0 Å². The summed E-state index contributed by atoms with van der Waals surface area (Å²) < 4.78 is 0. The topological polar surface area (TPSA) is 0 Å². The first kappa shape index (κ1) is 39.1. The van der Waals surface area contributed by atoms with Crippen molar-refractivity contribution in [2.45, 2.75) is 38.5 Å². The van der Waals surface area contributed by atoms with Crippen molar-refractivity contribution >= 4 is 53.9 Å². The lowest BCUT2D eigenvalue weighted by molar-refractivity contribution is 0.660. The highest BCUT2D eigenvalue weighted by atomic mass is 14.4. The Morgan fingerprint density at radius 2 is 0.471 bits per heavy atom. The molecule has 0 heteroatoms. The number of hydrogen-bond acceptors (Lipinski definition) is 0. The van der Waals surface area contributed by atoms with E-state index in [1.54, 1.807) is 0 Å². The minimum Gasteiger partial charge on any atom is -0.0622 e. The van der Waals surface area contributed by atoms with Crippen LogP contribution in [0, 0.1) is 0 Å².